The maximum atomic E-state index is 11.9. The molecule has 0 radical (unpaired) electrons. The van der Waals surface area contributed by atoms with Crippen molar-refractivity contribution in [2.45, 2.75) is 19.1 Å². The second kappa shape index (κ2) is 9.37. The Bertz CT molecular complexity index is 625. The quantitative estimate of drug-likeness (QED) is 0.720. The molecule has 1 aromatic carbocycles. The second-order valence-corrected chi connectivity index (χ2v) is 7.17. The maximum Gasteiger partial charge on any atom is 0.224 e. The first-order valence-electron chi connectivity index (χ1n) is 7.37. The molecule has 2 aromatic rings. The van der Waals surface area contributed by atoms with Crippen LogP contribution in [0.15, 0.2) is 41.8 Å². The summed E-state index contributed by atoms with van der Waals surface area (Å²) in [5, 5.41) is 7.71. The molecular weight excluding hydrogens is 328 g/mol. The minimum absolute atomic E-state index is 0.0222. The fourth-order valence-electron chi connectivity index (χ4n) is 1.99. The van der Waals surface area contributed by atoms with Crippen LogP contribution in [0.3, 0.4) is 0 Å². The van der Waals surface area contributed by atoms with Gasteiger partial charge in [-0.25, -0.2) is 0 Å². The highest BCUT2D eigenvalue weighted by molar-refractivity contribution is 7.98. The van der Waals surface area contributed by atoms with E-state index in [2.05, 4.69) is 28.1 Å². The minimum Gasteiger partial charge on any atom is -0.355 e. The zero-order valence-corrected chi connectivity index (χ0v) is 14.6. The summed E-state index contributed by atoms with van der Waals surface area (Å²) in [7, 11) is 0. The number of hydrogen-bond acceptors (Lipinski definition) is 4. The van der Waals surface area contributed by atoms with Gasteiger partial charge in [0.25, 0.3) is 0 Å². The fourth-order valence-corrected chi connectivity index (χ4v) is 3.69. The smallest absolute Gasteiger partial charge is 0.224 e. The Kier molecular flexibility index (Phi) is 7.16. The van der Waals surface area contributed by atoms with E-state index in [0.29, 0.717) is 13.0 Å². The SMILES string of the molecule is CC(=O)Nc1ccc(CC(=O)NCCSCc2cccs2)cc1. The van der Waals surface area contributed by atoms with Crippen LogP contribution in [0.4, 0.5) is 5.69 Å². The summed E-state index contributed by atoms with van der Waals surface area (Å²) in [6.07, 6.45) is 0.357. The number of carbonyl (C=O) groups excluding carboxylic acids is 2. The highest BCUT2D eigenvalue weighted by Gasteiger charge is 2.03. The van der Waals surface area contributed by atoms with Crippen LogP contribution < -0.4 is 10.6 Å². The molecule has 2 N–H and O–H groups in total. The standard InChI is InChI=1S/C17H20N2O2S2/c1-13(20)19-15-6-4-14(5-7-15)11-17(21)18-8-10-22-12-16-3-2-9-23-16/h2-7,9H,8,10-12H2,1H3,(H,18,21)(H,19,20). The van der Waals surface area contributed by atoms with Crippen LogP contribution in [0, 0.1) is 0 Å². The Balaban J connectivity index is 1.63. The van der Waals surface area contributed by atoms with E-state index < -0.39 is 0 Å². The molecule has 0 aliphatic heterocycles. The van der Waals surface area contributed by atoms with Gasteiger partial charge >= 0.3 is 0 Å². The van der Waals surface area contributed by atoms with Gasteiger partial charge in [-0.05, 0) is 29.1 Å². The van der Waals surface area contributed by atoms with E-state index in [1.807, 2.05) is 23.9 Å². The summed E-state index contributed by atoms with van der Waals surface area (Å²) in [5.41, 5.74) is 1.68. The lowest BCUT2D eigenvalue weighted by Gasteiger charge is -2.06. The van der Waals surface area contributed by atoms with Crippen molar-refractivity contribution in [1.29, 1.82) is 0 Å². The topological polar surface area (TPSA) is 58.2 Å². The Morgan fingerprint density at radius 2 is 1.96 bits per heavy atom. The minimum atomic E-state index is -0.101. The molecular formula is C17H20N2O2S2. The third-order valence-corrected chi connectivity index (χ3v) is 5.10. The van der Waals surface area contributed by atoms with Gasteiger partial charge in [0.1, 0.15) is 0 Å². The summed E-state index contributed by atoms with van der Waals surface area (Å²) in [6, 6.07) is 11.5. The fraction of sp³-hybridized carbons (Fsp3) is 0.294. The third kappa shape index (κ3) is 6.88. The first kappa shape index (κ1) is 17.6. The Morgan fingerprint density at radius 3 is 2.61 bits per heavy atom. The van der Waals surface area contributed by atoms with E-state index in [9.17, 15) is 9.59 Å². The zero-order chi connectivity index (χ0) is 16.5. The molecule has 0 saturated heterocycles. The van der Waals surface area contributed by atoms with Gasteiger partial charge in [0.2, 0.25) is 11.8 Å². The van der Waals surface area contributed by atoms with Gasteiger partial charge in [-0.2, -0.15) is 11.8 Å². The molecule has 0 saturated carbocycles. The van der Waals surface area contributed by atoms with Crippen LogP contribution in [0.2, 0.25) is 0 Å². The van der Waals surface area contributed by atoms with Crippen LogP contribution >= 0.6 is 23.1 Å². The van der Waals surface area contributed by atoms with Crippen LogP contribution in [0.1, 0.15) is 17.4 Å². The average molecular weight is 348 g/mol. The monoisotopic (exact) mass is 348 g/mol. The number of anilines is 1. The first-order valence-corrected chi connectivity index (χ1v) is 9.40. The van der Waals surface area contributed by atoms with Crippen molar-refractivity contribution in [2.75, 3.05) is 17.6 Å². The number of carbonyl (C=O) groups is 2. The van der Waals surface area contributed by atoms with Crippen molar-refractivity contribution in [3.63, 3.8) is 0 Å². The molecule has 1 aromatic heterocycles. The Hall–Kier alpha value is -1.79. The number of thiophene rings is 1. The van der Waals surface area contributed by atoms with Gasteiger partial charge < -0.3 is 10.6 Å². The normalized spacial score (nSPS) is 10.3. The molecule has 1 heterocycles. The van der Waals surface area contributed by atoms with Crippen molar-refractivity contribution in [3.8, 4) is 0 Å². The largest absolute Gasteiger partial charge is 0.355 e. The average Bonchev–Trinajstić information content (AvgIpc) is 3.02. The molecule has 2 rings (SSSR count). The first-order chi connectivity index (χ1) is 11.1. The van der Waals surface area contributed by atoms with E-state index in [-0.39, 0.29) is 11.8 Å². The van der Waals surface area contributed by atoms with Crippen LogP contribution in [0.5, 0.6) is 0 Å². The molecule has 0 spiro atoms. The number of amides is 2. The van der Waals surface area contributed by atoms with E-state index in [1.54, 1.807) is 23.5 Å². The summed E-state index contributed by atoms with van der Waals surface area (Å²) >= 11 is 3.58. The van der Waals surface area contributed by atoms with Crippen LogP contribution in [0.25, 0.3) is 0 Å². The van der Waals surface area contributed by atoms with Gasteiger partial charge in [0.15, 0.2) is 0 Å². The molecule has 4 nitrogen and oxygen atoms in total. The van der Waals surface area contributed by atoms with E-state index in [0.717, 1.165) is 22.8 Å². The summed E-state index contributed by atoms with van der Waals surface area (Å²) in [6.45, 7) is 2.15. The summed E-state index contributed by atoms with van der Waals surface area (Å²) < 4.78 is 0. The van der Waals surface area contributed by atoms with Gasteiger partial charge in [0.05, 0.1) is 6.42 Å². The van der Waals surface area contributed by atoms with Gasteiger partial charge in [0, 0.05) is 35.5 Å². The number of nitrogens with one attached hydrogen (secondary N) is 2. The molecule has 23 heavy (non-hydrogen) atoms. The van der Waals surface area contributed by atoms with Crippen molar-refractivity contribution < 1.29 is 9.59 Å². The summed E-state index contributed by atoms with van der Waals surface area (Å²) in [5.74, 6) is 1.83. The molecule has 6 heteroatoms. The van der Waals surface area contributed by atoms with E-state index in [4.69, 9.17) is 0 Å². The summed E-state index contributed by atoms with van der Waals surface area (Å²) in [4.78, 5) is 24.2. The predicted octanol–water partition coefficient (Wildman–Crippen LogP) is 3.30. The molecule has 2 amide bonds. The van der Waals surface area contributed by atoms with Crippen molar-refractivity contribution in [3.05, 3.63) is 52.2 Å². The molecule has 122 valence electrons. The second-order valence-electron chi connectivity index (χ2n) is 5.04. The highest BCUT2D eigenvalue weighted by atomic mass is 32.2. The van der Waals surface area contributed by atoms with Crippen molar-refractivity contribution in [1.82, 2.24) is 5.32 Å². The lowest BCUT2D eigenvalue weighted by molar-refractivity contribution is -0.120. The van der Waals surface area contributed by atoms with Gasteiger partial charge in [-0.1, -0.05) is 18.2 Å². The Labute approximate surface area is 144 Å². The molecule has 0 unspecified atom stereocenters. The predicted molar refractivity (Wildman–Crippen MR) is 97.9 cm³/mol. The molecule has 0 fully saturated rings. The molecule has 0 bridgehead atoms. The van der Waals surface area contributed by atoms with Crippen molar-refractivity contribution in [2.24, 2.45) is 0 Å². The lowest BCUT2D eigenvalue weighted by atomic mass is 10.1. The van der Waals surface area contributed by atoms with Crippen molar-refractivity contribution >= 4 is 40.6 Å². The molecule has 0 aliphatic carbocycles. The van der Waals surface area contributed by atoms with E-state index in [1.165, 1.54) is 11.8 Å². The zero-order valence-electron chi connectivity index (χ0n) is 13.0. The maximum absolute atomic E-state index is 11.9. The Morgan fingerprint density at radius 1 is 1.17 bits per heavy atom. The number of benzene rings is 1. The number of thioether (sulfide) groups is 1. The number of hydrogen-bond donors (Lipinski definition) is 2. The highest BCUT2D eigenvalue weighted by Crippen LogP contribution is 2.16. The lowest BCUT2D eigenvalue weighted by Crippen LogP contribution is -2.27. The molecule has 0 atom stereocenters. The number of rotatable bonds is 8. The van der Waals surface area contributed by atoms with Crippen LogP contribution in [-0.2, 0) is 21.8 Å². The van der Waals surface area contributed by atoms with E-state index >= 15 is 0 Å². The third-order valence-electron chi connectivity index (χ3n) is 3.03. The van der Waals surface area contributed by atoms with Gasteiger partial charge in [-0.15, -0.1) is 11.3 Å². The van der Waals surface area contributed by atoms with Gasteiger partial charge in [-0.3, -0.25) is 9.59 Å². The van der Waals surface area contributed by atoms with Crippen LogP contribution in [-0.4, -0.2) is 24.1 Å². The molecule has 0 aliphatic rings.